The molecule has 0 aromatic heterocycles. The van der Waals surface area contributed by atoms with E-state index in [1.807, 2.05) is 32.9 Å². The highest BCUT2D eigenvalue weighted by atomic mass is 127. The Morgan fingerprint density at radius 1 is 1.29 bits per heavy atom. The van der Waals surface area contributed by atoms with Crippen LogP contribution >= 0.6 is 24.0 Å². The molecule has 0 atom stereocenters. The van der Waals surface area contributed by atoms with Gasteiger partial charge in [-0.1, -0.05) is 12.1 Å². The Kier molecular flexibility index (Phi) is 11.0. The van der Waals surface area contributed by atoms with Crippen molar-refractivity contribution in [3.63, 3.8) is 0 Å². The fraction of sp³-hybridized carbons (Fsp3) is 0.600. The number of hydrogen-bond donors (Lipinski definition) is 2. The molecule has 0 unspecified atom stereocenters. The third-order valence-electron chi connectivity index (χ3n) is 4.35. The molecule has 2 rings (SSSR count). The van der Waals surface area contributed by atoms with E-state index >= 15 is 0 Å². The van der Waals surface area contributed by atoms with Gasteiger partial charge in [0.15, 0.2) is 5.96 Å². The highest BCUT2D eigenvalue weighted by Crippen LogP contribution is 2.14. The van der Waals surface area contributed by atoms with Crippen LogP contribution in [0.4, 0.5) is 4.79 Å². The highest BCUT2D eigenvalue weighted by molar-refractivity contribution is 14.0. The summed E-state index contributed by atoms with van der Waals surface area (Å²) in [5.41, 5.74) is 7.20. The summed E-state index contributed by atoms with van der Waals surface area (Å²) in [4.78, 5) is 17.9. The van der Waals surface area contributed by atoms with E-state index in [1.165, 1.54) is 5.56 Å². The molecular weight excluding hydrogens is 471 g/mol. The van der Waals surface area contributed by atoms with Crippen LogP contribution in [0.1, 0.15) is 39.2 Å². The van der Waals surface area contributed by atoms with Crippen molar-refractivity contribution >= 4 is 36.0 Å². The van der Waals surface area contributed by atoms with Crippen LogP contribution in [0.25, 0.3) is 0 Å². The van der Waals surface area contributed by atoms with Crippen molar-refractivity contribution in [1.29, 1.82) is 0 Å². The molecule has 0 bridgehead atoms. The summed E-state index contributed by atoms with van der Waals surface area (Å²) in [6.07, 6.45) is 2.45. The van der Waals surface area contributed by atoms with Crippen LogP contribution in [0.15, 0.2) is 29.3 Å². The van der Waals surface area contributed by atoms with Crippen molar-refractivity contribution in [3.05, 3.63) is 29.8 Å². The van der Waals surface area contributed by atoms with E-state index < -0.39 is 0 Å². The molecule has 1 heterocycles. The van der Waals surface area contributed by atoms with Crippen LogP contribution in [-0.2, 0) is 11.2 Å². The van der Waals surface area contributed by atoms with Crippen LogP contribution in [0.5, 0.6) is 5.75 Å². The molecule has 1 amide bonds. The Bertz CT molecular complexity index is 614. The van der Waals surface area contributed by atoms with Gasteiger partial charge in [0, 0.05) is 25.7 Å². The molecule has 8 heteroatoms. The Morgan fingerprint density at radius 3 is 2.50 bits per heavy atom. The molecule has 1 aliphatic heterocycles. The monoisotopic (exact) mass is 504 g/mol. The van der Waals surface area contributed by atoms with Gasteiger partial charge in [-0.2, -0.15) is 0 Å². The lowest BCUT2D eigenvalue weighted by molar-refractivity contribution is 0.0963. The lowest BCUT2D eigenvalue weighted by atomic mass is 10.1. The van der Waals surface area contributed by atoms with Crippen molar-refractivity contribution < 1.29 is 14.3 Å². The van der Waals surface area contributed by atoms with Gasteiger partial charge in [-0.25, -0.2) is 4.79 Å². The lowest BCUT2D eigenvalue weighted by Crippen LogP contribution is -2.48. The highest BCUT2D eigenvalue weighted by Gasteiger charge is 2.23. The summed E-state index contributed by atoms with van der Waals surface area (Å²) in [7, 11) is 0. The van der Waals surface area contributed by atoms with Crippen molar-refractivity contribution in [2.24, 2.45) is 10.7 Å². The Balaban J connectivity index is 0.00000392. The van der Waals surface area contributed by atoms with E-state index in [0.717, 1.165) is 25.0 Å². The molecule has 3 N–H and O–H groups in total. The van der Waals surface area contributed by atoms with Crippen molar-refractivity contribution in [3.8, 4) is 5.75 Å². The normalized spacial score (nSPS) is 15.1. The molecule has 0 spiro atoms. The molecule has 28 heavy (non-hydrogen) atoms. The van der Waals surface area contributed by atoms with E-state index in [4.69, 9.17) is 15.2 Å². The number of guanidine groups is 1. The van der Waals surface area contributed by atoms with Gasteiger partial charge in [0.2, 0.25) is 0 Å². The van der Waals surface area contributed by atoms with E-state index in [0.29, 0.717) is 32.2 Å². The molecule has 1 fully saturated rings. The number of piperidine rings is 1. The molecule has 1 saturated heterocycles. The van der Waals surface area contributed by atoms with Gasteiger partial charge >= 0.3 is 6.09 Å². The largest absolute Gasteiger partial charge is 0.491 e. The first kappa shape index (κ1) is 24.3. The van der Waals surface area contributed by atoms with Crippen LogP contribution in [-0.4, -0.2) is 55.3 Å². The van der Waals surface area contributed by atoms with Gasteiger partial charge in [0.25, 0.3) is 0 Å². The maximum Gasteiger partial charge on any atom is 0.409 e. The summed E-state index contributed by atoms with van der Waals surface area (Å²) < 4.78 is 10.7. The second kappa shape index (κ2) is 12.7. The third-order valence-corrected chi connectivity index (χ3v) is 4.35. The van der Waals surface area contributed by atoms with Gasteiger partial charge in [-0.3, -0.25) is 4.99 Å². The predicted octanol–water partition coefficient (Wildman–Crippen LogP) is 3.16. The molecule has 0 aliphatic carbocycles. The van der Waals surface area contributed by atoms with Gasteiger partial charge in [-0.05, 0) is 57.7 Å². The molecule has 1 aromatic rings. The number of ether oxygens (including phenoxy) is 2. The molecule has 1 aliphatic rings. The maximum atomic E-state index is 11.7. The van der Waals surface area contributed by atoms with Crippen molar-refractivity contribution in [1.82, 2.24) is 10.2 Å². The summed E-state index contributed by atoms with van der Waals surface area (Å²) in [5.74, 6) is 1.34. The summed E-state index contributed by atoms with van der Waals surface area (Å²) in [6, 6.07) is 8.33. The van der Waals surface area contributed by atoms with Crippen LogP contribution in [0.2, 0.25) is 0 Å². The van der Waals surface area contributed by atoms with Crippen LogP contribution in [0.3, 0.4) is 0 Å². The first-order valence-electron chi connectivity index (χ1n) is 9.71. The number of nitrogens with two attached hydrogens (primary N) is 1. The number of amides is 1. The van der Waals surface area contributed by atoms with E-state index in [1.54, 1.807) is 4.90 Å². The average Bonchev–Trinajstić information content (AvgIpc) is 2.63. The summed E-state index contributed by atoms with van der Waals surface area (Å²) >= 11 is 0. The fourth-order valence-electron chi connectivity index (χ4n) is 2.99. The standard InChI is InChI=1S/C20H32N4O3.HI/c1-4-26-20(25)24-13-10-17(11-14-24)23-19(21)22-12-9-16-5-7-18(8-6-16)27-15(2)3;/h5-8,15,17H,4,9-14H2,1-3H3,(H3,21,22,23);1H. The molecule has 0 radical (unpaired) electrons. The summed E-state index contributed by atoms with van der Waals surface area (Å²) in [5, 5.41) is 3.26. The first-order chi connectivity index (χ1) is 13.0. The Labute approximate surface area is 185 Å². The molecular formula is C20H33IN4O3. The predicted molar refractivity (Wildman–Crippen MR) is 123 cm³/mol. The van der Waals surface area contributed by atoms with Crippen molar-refractivity contribution in [2.75, 3.05) is 26.2 Å². The number of benzene rings is 1. The first-order valence-corrected chi connectivity index (χ1v) is 9.71. The third kappa shape index (κ3) is 8.53. The maximum absolute atomic E-state index is 11.7. The smallest absolute Gasteiger partial charge is 0.409 e. The van der Waals surface area contributed by atoms with E-state index in [-0.39, 0.29) is 42.2 Å². The number of halogens is 1. The minimum absolute atomic E-state index is 0. The number of rotatable bonds is 7. The fourth-order valence-corrected chi connectivity index (χ4v) is 2.99. The number of nitrogens with zero attached hydrogens (tertiary/aromatic N) is 2. The second-order valence-electron chi connectivity index (χ2n) is 6.93. The number of nitrogens with one attached hydrogen (secondary N) is 1. The van der Waals surface area contributed by atoms with Crippen LogP contribution < -0.4 is 15.8 Å². The average molecular weight is 504 g/mol. The number of likely N-dealkylation sites (tertiary alicyclic amines) is 1. The van der Waals surface area contributed by atoms with Gasteiger partial charge in [0.05, 0.1) is 12.7 Å². The van der Waals surface area contributed by atoms with Gasteiger partial charge in [-0.15, -0.1) is 24.0 Å². The molecule has 0 saturated carbocycles. The molecule has 7 nitrogen and oxygen atoms in total. The molecule has 1 aromatic carbocycles. The molecule has 158 valence electrons. The number of carbonyl (C=O) groups is 1. The van der Waals surface area contributed by atoms with Crippen molar-refractivity contribution in [2.45, 2.75) is 52.2 Å². The van der Waals surface area contributed by atoms with E-state index in [9.17, 15) is 4.79 Å². The zero-order valence-electron chi connectivity index (χ0n) is 17.0. The second-order valence-corrected chi connectivity index (χ2v) is 6.93. The van der Waals surface area contributed by atoms with E-state index in [2.05, 4.69) is 22.4 Å². The lowest BCUT2D eigenvalue weighted by Gasteiger charge is -2.31. The zero-order chi connectivity index (χ0) is 19.6. The number of hydrogen-bond acceptors (Lipinski definition) is 4. The minimum Gasteiger partial charge on any atom is -0.491 e. The Morgan fingerprint density at radius 2 is 1.93 bits per heavy atom. The quantitative estimate of drug-likeness (QED) is 0.339. The summed E-state index contributed by atoms with van der Waals surface area (Å²) in [6.45, 7) is 8.23. The Hall–Kier alpha value is -1.71. The van der Waals surface area contributed by atoms with Gasteiger partial charge < -0.3 is 25.4 Å². The topological polar surface area (TPSA) is 89.2 Å². The number of carbonyl (C=O) groups excluding carboxylic acids is 1. The zero-order valence-corrected chi connectivity index (χ0v) is 19.3. The minimum atomic E-state index is -0.234. The SMILES string of the molecule is CCOC(=O)N1CCC(NC(N)=NCCc2ccc(OC(C)C)cc2)CC1.I. The van der Waals surface area contributed by atoms with Gasteiger partial charge in [0.1, 0.15) is 5.75 Å². The van der Waals surface area contributed by atoms with Crippen LogP contribution in [0, 0.1) is 0 Å². The number of aliphatic imine (C=N–C) groups is 1.